The fourth-order valence-electron chi connectivity index (χ4n) is 2.94. The maximum Gasteiger partial charge on any atom is 0.243 e. The van der Waals surface area contributed by atoms with E-state index in [1.54, 1.807) is 17.0 Å². The molecule has 0 atom stereocenters. The quantitative estimate of drug-likeness (QED) is 0.703. The Kier molecular flexibility index (Phi) is 6.82. The first-order chi connectivity index (χ1) is 13.4. The number of benzene rings is 2. The smallest absolute Gasteiger partial charge is 0.243 e. The Hall–Kier alpha value is -1.81. The van der Waals surface area contributed by atoms with E-state index >= 15 is 0 Å². The minimum atomic E-state index is -3.90. The Labute approximate surface area is 172 Å². The Balaban J connectivity index is 1.87. The molecule has 3 rings (SSSR count). The highest BCUT2D eigenvalue weighted by atomic mass is 79.9. The van der Waals surface area contributed by atoms with Gasteiger partial charge in [-0.1, -0.05) is 28.1 Å². The zero-order valence-corrected chi connectivity index (χ0v) is 17.5. The lowest BCUT2D eigenvalue weighted by Gasteiger charge is -2.30. The number of halogens is 2. The molecule has 0 saturated carbocycles. The largest absolute Gasteiger partial charge is 0.339 e. The van der Waals surface area contributed by atoms with Crippen LogP contribution in [0.1, 0.15) is 5.56 Å². The number of sulfonamides is 1. The van der Waals surface area contributed by atoms with Crippen molar-refractivity contribution < 1.29 is 17.6 Å². The van der Waals surface area contributed by atoms with Crippen molar-refractivity contribution in [1.29, 1.82) is 0 Å². The Morgan fingerprint density at radius 3 is 2.29 bits per heavy atom. The van der Waals surface area contributed by atoms with Crippen LogP contribution in [-0.2, 0) is 21.4 Å². The molecular formula is C19H21BrFN3O3S. The first-order valence-electron chi connectivity index (χ1n) is 8.85. The van der Waals surface area contributed by atoms with E-state index in [2.05, 4.69) is 21.2 Å². The number of rotatable bonds is 6. The van der Waals surface area contributed by atoms with Gasteiger partial charge in [-0.25, -0.2) is 12.8 Å². The summed E-state index contributed by atoms with van der Waals surface area (Å²) in [7, 11) is -3.90. The van der Waals surface area contributed by atoms with Crippen LogP contribution in [0.2, 0.25) is 0 Å². The van der Waals surface area contributed by atoms with Crippen molar-refractivity contribution in [2.45, 2.75) is 11.4 Å². The molecule has 1 amide bonds. The number of nitrogens with one attached hydrogen (secondary N) is 1. The van der Waals surface area contributed by atoms with Gasteiger partial charge < -0.3 is 10.2 Å². The lowest BCUT2D eigenvalue weighted by Crippen LogP contribution is -2.50. The SMILES string of the molecule is O=C(CN(Cc1ccc(F)cc1)S(=O)(=O)c1ccc(Br)cc1)N1CCNCC1. The Morgan fingerprint density at radius 1 is 1.07 bits per heavy atom. The van der Waals surface area contributed by atoms with Gasteiger partial charge in [-0.3, -0.25) is 4.79 Å². The molecule has 2 aromatic carbocycles. The van der Waals surface area contributed by atoms with E-state index in [4.69, 9.17) is 0 Å². The van der Waals surface area contributed by atoms with Gasteiger partial charge in [0.1, 0.15) is 5.82 Å². The molecule has 0 unspecified atom stereocenters. The number of piperazine rings is 1. The van der Waals surface area contributed by atoms with Crippen LogP contribution in [0.5, 0.6) is 0 Å². The van der Waals surface area contributed by atoms with E-state index in [1.165, 1.54) is 36.4 Å². The normalized spacial score (nSPS) is 15.0. The van der Waals surface area contributed by atoms with Gasteiger partial charge in [-0.15, -0.1) is 0 Å². The number of carbonyl (C=O) groups excluding carboxylic acids is 1. The molecule has 2 aromatic rings. The number of amides is 1. The summed E-state index contributed by atoms with van der Waals surface area (Å²) in [5, 5.41) is 3.16. The fourth-order valence-corrected chi connectivity index (χ4v) is 4.58. The lowest BCUT2D eigenvalue weighted by atomic mass is 10.2. The lowest BCUT2D eigenvalue weighted by molar-refractivity contribution is -0.132. The zero-order chi connectivity index (χ0) is 20.1. The van der Waals surface area contributed by atoms with Crippen LogP contribution in [-0.4, -0.2) is 56.3 Å². The van der Waals surface area contributed by atoms with Crippen LogP contribution in [0.15, 0.2) is 57.9 Å². The number of nitrogens with zero attached hydrogens (tertiary/aromatic N) is 2. The molecule has 6 nitrogen and oxygen atoms in total. The minimum Gasteiger partial charge on any atom is -0.339 e. The maximum atomic E-state index is 13.2. The third-order valence-corrected chi connectivity index (χ3v) is 6.84. The van der Waals surface area contributed by atoms with Gasteiger partial charge in [0.25, 0.3) is 0 Å². The van der Waals surface area contributed by atoms with Crippen LogP contribution in [0, 0.1) is 5.82 Å². The molecule has 0 bridgehead atoms. The van der Waals surface area contributed by atoms with Gasteiger partial charge in [-0.05, 0) is 42.0 Å². The van der Waals surface area contributed by atoms with Gasteiger partial charge in [-0.2, -0.15) is 4.31 Å². The van der Waals surface area contributed by atoms with Crippen LogP contribution in [0.3, 0.4) is 0 Å². The van der Waals surface area contributed by atoms with E-state index in [-0.39, 0.29) is 23.9 Å². The molecule has 0 radical (unpaired) electrons. The molecular weight excluding hydrogens is 449 g/mol. The molecule has 1 aliphatic heterocycles. The van der Waals surface area contributed by atoms with Crippen molar-refractivity contribution in [2.24, 2.45) is 0 Å². The first kappa shape index (κ1) is 20.9. The summed E-state index contributed by atoms with van der Waals surface area (Å²) < 4.78 is 41.5. The van der Waals surface area contributed by atoms with Crippen LogP contribution in [0.25, 0.3) is 0 Å². The molecule has 0 spiro atoms. The monoisotopic (exact) mass is 469 g/mol. The number of carbonyl (C=O) groups is 1. The van der Waals surface area contributed by atoms with Gasteiger partial charge in [0.15, 0.2) is 0 Å². The summed E-state index contributed by atoms with van der Waals surface area (Å²) >= 11 is 3.29. The molecule has 0 aliphatic carbocycles. The van der Waals surface area contributed by atoms with E-state index in [1.807, 2.05) is 0 Å². The van der Waals surface area contributed by atoms with Crippen LogP contribution < -0.4 is 5.32 Å². The molecule has 1 N–H and O–H groups in total. The minimum absolute atomic E-state index is 0.0174. The Morgan fingerprint density at radius 2 is 1.68 bits per heavy atom. The van der Waals surface area contributed by atoms with Crippen molar-refractivity contribution in [1.82, 2.24) is 14.5 Å². The molecule has 1 heterocycles. The number of hydrogen-bond acceptors (Lipinski definition) is 4. The molecule has 1 saturated heterocycles. The highest BCUT2D eigenvalue weighted by Gasteiger charge is 2.29. The van der Waals surface area contributed by atoms with Crippen molar-refractivity contribution in [3.05, 3.63) is 64.4 Å². The average Bonchev–Trinajstić information content (AvgIpc) is 2.70. The zero-order valence-electron chi connectivity index (χ0n) is 15.1. The second-order valence-corrected chi connectivity index (χ2v) is 9.34. The number of hydrogen-bond donors (Lipinski definition) is 1. The van der Waals surface area contributed by atoms with E-state index < -0.39 is 15.8 Å². The van der Waals surface area contributed by atoms with Gasteiger partial charge >= 0.3 is 0 Å². The van der Waals surface area contributed by atoms with Gasteiger partial charge in [0, 0.05) is 37.2 Å². The van der Waals surface area contributed by atoms with Crippen molar-refractivity contribution in [3.63, 3.8) is 0 Å². The predicted octanol–water partition coefficient (Wildman–Crippen LogP) is 2.21. The summed E-state index contributed by atoms with van der Waals surface area (Å²) in [5.74, 6) is -0.646. The third kappa shape index (κ3) is 5.16. The predicted molar refractivity (Wildman–Crippen MR) is 108 cm³/mol. The first-order valence-corrected chi connectivity index (χ1v) is 11.1. The summed E-state index contributed by atoms with van der Waals surface area (Å²) in [6, 6.07) is 11.9. The topological polar surface area (TPSA) is 69.7 Å². The summed E-state index contributed by atoms with van der Waals surface area (Å²) in [6.45, 7) is 2.17. The van der Waals surface area contributed by atoms with Crippen LogP contribution >= 0.6 is 15.9 Å². The van der Waals surface area contributed by atoms with Crippen molar-refractivity contribution >= 4 is 31.9 Å². The molecule has 1 aliphatic rings. The second-order valence-electron chi connectivity index (χ2n) is 6.48. The molecule has 0 aromatic heterocycles. The molecule has 1 fully saturated rings. The summed E-state index contributed by atoms with van der Waals surface area (Å²) in [5.41, 5.74) is 0.607. The third-order valence-electron chi connectivity index (χ3n) is 4.50. The second kappa shape index (κ2) is 9.13. The average molecular weight is 470 g/mol. The highest BCUT2D eigenvalue weighted by Crippen LogP contribution is 2.21. The molecule has 9 heteroatoms. The molecule has 28 heavy (non-hydrogen) atoms. The van der Waals surface area contributed by atoms with Crippen molar-refractivity contribution in [2.75, 3.05) is 32.7 Å². The Bertz CT molecular complexity index is 914. The summed E-state index contributed by atoms with van der Waals surface area (Å²) in [4.78, 5) is 14.5. The van der Waals surface area contributed by atoms with E-state index in [9.17, 15) is 17.6 Å². The van der Waals surface area contributed by atoms with Crippen molar-refractivity contribution in [3.8, 4) is 0 Å². The van der Waals surface area contributed by atoms with Crippen LogP contribution in [0.4, 0.5) is 4.39 Å². The maximum absolute atomic E-state index is 13.2. The highest BCUT2D eigenvalue weighted by molar-refractivity contribution is 9.10. The standard InChI is InChI=1S/C19H21BrFN3O3S/c20-16-3-7-18(8-4-16)28(26,27)24(13-15-1-5-17(21)6-2-15)14-19(25)23-11-9-22-10-12-23/h1-8,22H,9-14H2. The van der Waals surface area contributed by atoms with Gasteiger partial charge in [0.05, 0.1) is 11.4 Å². The fraction of sp³-hybridized carbons (Fsp3) is 0.316. The van der Waals surface area contributed by atoms with E-state index in [0.29, 0.717) is 31.7 Å². The van der Waals surface area contributed by atoms with E-state index in [0.717, 1.165) is 8.78 Å². The molecule has 150 valence electrons. The van der Waals surface area contributed by atoms with Gasteiger partial charge in [0.2, 0.25) is 15.9 Å². The summed E-state index contributed by atoms with van der Waals surface area (Å²) in [6.07, 6.45) is 0.